The van der Waals surface area contributed by atoms with E-state index in [0.29, 0.717) is 35.8 Å². The molecule has 9 nitrogen and oxygen atoms in total. The summed E-state index contributed by atoms with van der Waals surface area (Å²) < 4.78 is 26.2. The van der Waals surface area contributed by atoms with Gasteiger partial charge in [0.1, 0.15) is 22.7 Å². The minimum Gasteiger partial charge on any atom is -0.497 e. The highest BCUT2D eigenvalue weighted by Gasteiger charge is 2.39. The van der Waals surface area contributed by atoms with Crippen molar-refractivity contribution in [3.05, 3.63) is 70.5 Å². The fraction of sp³-hybridized carbons (Fsp3) is 0.469. The van der Waals surface area contributed by atoms with Crippen molar-refractivity contribution >= 4 is 35.7 Å². The molecule has 43 heavy (non-hydrogen) atoms. The SMILES string of the molecule is CCCC(COc1nc(N(Cc2ccc(OC)cc2)Cc2ccc(OC)cc2)c2ncc(Br)n2n1)O[Si](C)(C)C(C)(C)C. The smallest absolute Gasteiger partial charge is 0.336 e. The van der Waals surface area contributed by atoms with Crippen LogP contribution in [0.15, 0.2) is 59.3 Å². The quantitative estimate of drug-likeness (QED) is 0.126. The number of hydrogen-bond donors (Lipinski definition) is 0. The number of imidazole rings is 1. The molecule has 0 spiro atoms. The van der Waals surface area contributed by atoms with E-state index in [0.717, 1.165) is 35.5 Å². The first-order chi connectivity index (χ1) is 20.4. The lowest BCUT2D eigenvalue weighted by molar-refractivity contribution is 0.101. The number of methoxy groups -OCH3 is 2. The molecule has 232 valence electrons. The molecule has 0 aliphatic carbocycles. The van der Waals surface area contributed by atoms with Crippen molar-refractivity contribution in [1.29, 1.82) is 0 Å². The second kappa shape index (κ2) is 14.1. The summed E-state index contributed by atoms with van der Waals surface area (Å²) in [6.07, 6.45) is 3.58. The van der Waals surface area contributed by atoms with E-state index in [1.54, 1.807) is 24.9 Å². The molecule has 2 aromatic carbocycles. The number of benzene rings is 2. The molecule has 0 bridgehead atoms. The van der Waals surface area contributed by atoms with Crippen LogP contribution in [-0.4, -0.2) is 54.8 Å². The molecular weight excluding hydrogens is 626 g/mol. The Morgan fingerprint density at radius 2 is 1.49 bits per heavy atom. The fourth-order valence-corrected chi connectivity index (χ4v) is 6.18. The van der Waals surface area contributed by atoms with Crippen molar-refractivity contribution in [2.45, 2.75) is 77.9 Å². The minimum absolute atomic E-state index is 0.0467. The van der Waals surface area contributed by atoms with Gasteiger partial charge < -0.3 is 23.5 Å². The summed E-state index contributed by atoms with van der Waals surface area (Å²) in [6.45, 7) is 15.0. The van der Waals surface area contributed by atoms with Crippen LogP contribution < -0.4 is 19.1 Å². The number of nitrogens with zero attached hydrogens (tertiary/aromatic N) is 5. The molecule has 0 radical (unpaired) electrons. The Morgan fingerprint density at radius 1 is 0.930 bits per heavy atom. The van der Waals surface area contributed by atoms with Gasteiger partial charge in [0.05, 0.1) is 26.5 Å². The summed E-state index contributed by atoms with van der Waals surface area (Å²) >= 11 is 3.61. The third-order valence-electron chi connectivity index (χ3n) is 7.92. The average Bonchev–Trinajstić information content (AvgIpc) is 3.35. The molecule has 0 amide bonds. The third kappa shape index (κ3) is 8.27. The number of fused-ring (bicyclic) bond motifs is 1. The zero-order chi connectivity index (χ0) is 31.2. The monoisotopic (exact) mass is 669 g/mol. The van der Waals surface area contributed by atoms with Gasteiger partial charge in [0.2, 0.25) is 0 Å². The number of ether oxygens (including phenoxy) is 3. The standard InChI is InChI=1S/C32H44BrN5O4Si/c1-9-10-27(42-43(7,8)32(2,3)4)22-41-31-35-30(29-34-19-28(33)38(29)36-31)37(20-23-11-15-25(39-5)16-12-23)21-24-13-17-26(40-6)18-14-24/h11-19,27H,9-10,20-22H2,1-8H3. The Hall–Kier alpha value is -3.15. The second-order valence-electron chi connectivity index (χ2n) is 12.2. The van der Waals surface area contributed by atoms with Crippen LogP contribution in [0.25, 0.3) is 5.65 Å². The van der Waals surface area contributed by atoms with Crippen molar-refractivity contribution in [3.8, 4) is 17.5 Å². The third-order valence-corrected chi connectivity index (χ3v) is 13.0. The summed E-state index contributed by atoms with van der Waals surface area (Å²) in [5.74, 6) is 2.29. The van der Waals surface area contributed by atoms with Gasteiger partial charge in [-0.05, 0) is 75.9 Å². The van der Waals surface area contributed by atoms with E-state index in [4.69, 9.17) is 23.6 Å². The Balaban J connectivity index is 1.69. The van der Waals surface area contributed by atoms with Crippen LogP contribution in [0.3, 0.4) is 0 Å². The molecule has 11 heteroatoms. The predicted molar refractivity (Wildman–Crippen MR) is 177 cm³/mol. The van der Waals surface area contributed by atoms with E-state index >= 15 is 0 Å². The highest BCUT2D eigenvalue weighted by molar-refractivity contribution is 9.10. The zero-order valence-corrected chi connectivity index (χ0v) is 29.1. The van der Waals surface area contributed by atoms with Crippen LogP contribution in [0.1, 0.15) is 51.7 Å². The number of anilines is 1. The lowest BCUT2D eigenvalue weighted by Gasteiger charge is -2.39. The van der Waals surface area contributed by atoms with Crippen LogP contribution in [0.4, 0.5) is 5.82 Å². The van der Waals surface area contributed by atoms with E-state index in [9.17, 15) is 0 Å². The maximum atomic E-state index is 6.73. The number of hydrogen-bond acceptors (Lipinski definition) is 8. The fourth-order valence-electron chi connectivity index (χ4n) is 4.46. The lowest BCUT2D eigenvalue weighted by atomic mass is 10.1. The van der Waals surface area contributed by atoms with E-state index < -0.39 is 8.32 Å². The van der Waals surface area contributed by atoms with Crippen molar-refractivity contribution < 1.29 is 18.6 Å². The van der Waals surface area contributed by atoms with Gasteiger partial charge >= 0.3 is 6.01 Å². The molecule has 2 aromatic heterocycles. The van der Waals surface area contributed by atoms with Gasteiger partial charge in [0, 0.05) is 13.1 Å². The molecule has 0 saturated heterocycles. The Kier molecular flexibility index (Phi) is 10.7. The minimum atomic E-state index is -1.98. The van der Waals surface area contributed by atoms with E-state index in [1.165, 1.54) is 0 Å². The average molecular weight is 671 g/mol. The van der Waals surface area contributed by atoms with Gasteiger partial charge in [0.15, 0.2) is 19.8 Å². The van der Waals surface area contributed by atoms with E-state index in [2.05, 4.69) is 96.0 Å². The highest BCUT2D eigenvalue weighted by atomic mass is 79.9. The molecule has 1 unspecified atom stereocenters. The van der Waals surface area contributed by atoms with Crippen LogP contribution in [0, 0.1) is 0 Å². The van der Waals surface area contributed by atoms with Gasteiger partial charge in [-0.2, -0.15) is 9.50 Å². The predicted octanol–water partition coefficient (Wildman–Crippen LogP) is 7.68. The lowest BCUT2D eigenvalue weighted by Crippen LogP contribution is -2.45. The normalized spacial score (nSPS) is 12.8. The molecule has 4 rings (SSSR count). The van der Waals surface area contributed by atoms with Crippen molar-refractivity contribution in [2.24, 2.45) is 0 Å². The van der Waals surface area contributed by atoms with Gasteiger partial charge in [0.25, 0.3) is 0 Å². The summed E-state index contributed by atoms with van der Waals surface area (Å²) in [6, 6.07) is 16.4. The van der Waals surface area contributed by atoms with Gasteiger partial charge in [-0.1, -0.05) is 58.4 Å². The molecule has 1 atom stereocenters. The molecule has 2 heterocycles. The topological polar surface area (TPSA) is 83.2 Å². The summed E-state index contributed by atoms with van der Waals surface area (Å²) in [4.78, 5) is 11.8. The summed E-state index contributed by atoms with van der Waals surface area (Å²) in [5.41, 5.74) is 2.83. The van der Waals surface area contributed by atoms with Crippen LogP contribution in [0.5, 0.6) is 17.5 Å². The Labute approximate surface area is 264 Å². The van der Waals surface area contributed by atoms with E-state index in [-0.39, 0.29) is 17.2 Å². The first-order valence-corrected chi connectivity index (χ1v) is 18.4. The molecule has 0 N–H and O–H groups in total. The van der Waals surface area contributed by atoms with Crippen LogP contribution >= 0.6 is 15.9 Å². The largest absolute Gasteiger partial charge is 0.497 e. The van der Waals surface area contributed by atoms with Crippen LogP contribution in [0.2, 0.25) is 18.1 Å². The van der Waals surface area contributed by atoms with Gasteiger partial charge in [-0.3, -0.25) is 0 Å². The molecule has 0 aliphatic rings. The Morgan fingerprint density at radius 3 is 1.98 bits per heavy atom. The first kappa shape index (κ1) is 32.8. The zero-order valence-electron chi connectivity index (χ0n) is 26.6. The maximum absolute atomic E-state index is 6.73. The Bertz CT molecular complexity index is 1420. The summed E-state index contributed by atoms with van der Waals surface area (Å²) in [5, 5.41) is 4.79. The number of aromatic nitrogens is 4. The van der Waals surface area contributed by atoms with Crippen LogP contribution in [-0.2, 0) is 17.5 Å². The number of rotatable bonds is 14. The summed E-state index contributed by atoms with van der Waals surface area (Å²) in [7, 11) is 1.35. The number of halogens is 1. The van der Waals surface area contributed by atoms with E-state index in [1.807, 2.05) is 24.3 Å². The maximum Gasteiger partial charge on any atom is 0.336 e. The van der Waals surface area contributed by atoms with Gasteiger partial charge in [-0.25, -0.2) is 4.98 Å². The molecule has 0 aliphatic heterocycles. The second-order valence-corrected chi connectivity index (χ2v) is 17.8. The highest BCUT2D eigenvalue weighted by Crippen LogP contribution is 2.38. The van der Waals surface area contributed by atoms with Crippen molar-refractivity contribution in [2.75, 3.05) is 25.7 Å². The molecule has 4 aromatic rings. The van der Waals surface area contributed by atoms with Crippen molar-refractivity contribution in [3.63, 3.8) is 0 Å². The first-order valence-electron chi connectivity index (χ1n) is 14.7. The molecular formula is C32H44BrN5O4Si. The van der Waals surface area contributed by atoms with Crippen molar-refractivity contribution in [1.82, 2.24) is 19.6 Å². The molecule has 0 fully saturated rings. The van der Waals surface area contributed by atoms with Gasteiger partial charge in [-0.15, -0.1) is 5.10 Å². The molecule has 0 saturated carbocycles.